The van der Waals surface area contributed by atoms with Crippen LogP contribution in [-0.2, 0) is 0 Å². The maximum atomic E-state index is 13.6. The zero-order valence-electron chi connectivity index (χ0n) is 13.6. The molecule has 1 aliphatic heterocycles. The number of likely N-dealkylation sites (tertiary alicyclic amines) is 1. The number of amides is 1. The highest BCUT2D eigenvalue weighted by Crippen LogP contribution is 2.22. The van der Waals surface area contributed by atoms with Crippen LogP contribution in [-0.4, -0.2) is 48.2 Å². The molecule has 0 bridgehead atoms. The molecule has 2 aromatic rings. The van der Waals surface area contributed by atoms with Crippen molar-refractivity contribution in [1.82, 2.24) is 10.2 Å². The van der Waals surface area contributed by atoms with Crippen molar-refractivity contribution in [1.29, 1.82) is 0 Å². The summed E-state index contributed by atoms with van der Waals surface area (Å²) < 4.78 is 18.9. The number of nitrogens with one attached hydrogen (secondary N) is 1. The minimum Gasteiger partial charge on any atom is -0.448 e. The first-order chi connectivity index (χ1) is 11.7. The largest absolute Gasteiger partial charge is 0.448 e. The Morgan fingerprint density at radius 1 is 1.42 bits per heavy atom. The summed E-state index contributed by atoms with van der Waals surface area (Å²) in [6, 6.07) is 6.47. The third-order valence-electron chi connectivity index (χ3n) is 4.59. The average Bonchev–Trinajstić information content (AvgIpc) is 3.21. The van der Waals surface area contributed by atoms with Crippen LogP contribution in [0.25, 0.3) is 11.0 Å². The number of benzene rings is 1. The van der Waals surface area contributed by atoms with Gasteiger partial charge in [0.2, 0.25) is 0 Å². The van der Waals surface area contributed by atoms with E-state index in [2.05, 4.69) is 10.2 Å². The van der Waals surface area contributed by atoms with E-state index in [0.29, 0.717) is 18.0 Å². The van der Waals surface area contributed by atoms with E-state index in [1.54, 1.807) is 18.2 Å². The van der Waals surface area contributed by atoms with Gasteiger partial charge in [-0.1, -0.05) is 12.1 Å². The molecule has 0 spiro atoms. The third-order valence-corrected chi connectivity index (χ3v) is 4.59. The summed E-state index contributed by atoms with van der Waals surface area (Å²) in [5, 5.41) is 12.7. The van der Waals surface area contributed by atoms with E-state index in [0.717, 1.165) is 38.8 Å². The summed E-state index contributed by atoms with van der Waals surface area (Å²) in [4.78, 5) is 14.4. The molecule has 5 nitrogen and oxygen atoms in total. The minimum atomic E-state index is -0.462. The van der Waals surface area contributed by atoms with Crippen LogP contribution in [0.3, 0.4) is 0 Å². The first-order valence-corrected chi connectivity index (χ1v) is 8.50. The van der Waals surface area contributed by atoms with Gasteiger partial charge in [-0.3, -0.25) is 9.69 Å². The summed E-state index contributed by atoms with van der Waals surface area (Å²) in [5.74, 6) is -0.648. The van der Waals surface area contributed by atoms with E-state index >= 15 is 0 Å². The summed E-state index contributed by atoms with van der Waals surface area (Å²) in [6.45, 7) is 2.76. The summed E-state index contributed by atoms with van der Waals surface area (Å²) in [7, 11) is 0. The number of unbranched alkanes of at least 4 members (excludes halogenated alkanes) is 1. The van der Waals surface area contributed by atoms with E-state index in [9.17, 15) is 14.3 Å². The molecule has 2 N–H and O–H groups in total. The van der Waals surface area contributed by atoms with Crippen molar-refractivity contribution in [2.75, 3.05) is 26.2 Å². The Morgan fingerprint density at radius 2 is 2.29 bits per heavy atom. The predicted molar refractivity (Wildman–Crippen MR) is 89.4 cm³/mol. The second kappa shape index (κ2) is 7.77. The molecule has 1 saturated heterocycles. The van der Waals surface area contributed by atoms with E-state index in [1.165, 1.54) is 6.07 Å². The van der Waals surface area contributed by atoms with Gasteiger partial charge in [0.25, 0.3) is 5.91 Å². The van der Waals surface area contributed by atoms with Crippen molar-refractivity contribution in [3.63, 3.8) is 0 Å². The molecule has 1 fully saturated rings. The fraction of sp³-hybridized carbons (Fsp3) is 0.500. The number of carbonyl (C=O) groups is 1. The molecular weight excluding hydrogens is 311 g/mol. The molecule has 1 aliphatic rings. The predicted octanol–water partition coefficient (Wildman–Crippen LogP) is 2.54. The zero-order chi connectivity index (χ0) is 16.9. The van der Waals surface area contributed by atoms with Crippen molar-refractivity contribution in [2.24, 2.45) is 0 Å². The van der Waals surface area contributed by atoms with Gasteiger partial charge in [0, 0.05) is 18.0 Å². The molecule has 3 rings (SSSR count). The lowest BCUT2D eigenvalue weighted by Crippen LogP contribution is -2.33. The number of aliphatic hydroxyl groups excluding tert-OH is 1. The summed E-state index contributed by atoms with van der Waals surface area (Å²) in [5.41, 5.74) is 0.117. The maximum absolute atomic E-state index is 13.6. The molecule has 1 amide bonds. The number of hydrogen-bond acceptors (Lipinski definition) is 4. The highest BCUT2D eigenvalue weighted by atomic mass is 19.1. The molecule has 1 atom stereocenters. The van der Waals surface area contributed by atoms with Crippen LogP contribution < -0.4 is 5.32 Å². The van der Waals surface area contributed by atoms with Crippen LogP contribution >= 0.6 is 0 Å². The maximum Gasteiger partial charge on any atom is 0.287 e. The van der Waals surface area contributed by atoms with E-state index in [1.807, 2.05) is 0 Å². The summed E-state index contributed by atoms with van der Waals surface area (Å²) >= 11 is 0. The lowest BCUT2D eigenvalue weighted by molar-refractivity contribution is 0.0926. The number of para-hydroxylation sites is 1. The Labute approximate surface area is 140 Å². The van der Waals surface area contributed by atoms with Crippen LogP contribution in [0, 0.1) is 5.82 Å². The number of nitrogens with zero attached hydrogens (tertiary/aromatic N) is 1. The number of halogens is 1. The molecule has 24 heavy (non-hydrogen) atoms. The number of furan rings is 1. The van der Waals surface area contributed by atoms with Gasteiger partial charge in [0.1, 0.15) is 0 Å². The first-order valence-electron chi connectivity index (χ1n) is 8.50. The standard InChI is InChI=1S/C18H23FN2O3/c19-15-7-3-5-13-11-16(24-17(13)15)18(23)20-8-1-2-9-21-10-4-6-14(21)12-22/h3,5,7,11,14,22H,1-2,4,6,8-10,12H2,(H,20,23). The molecule has 130 valence electrons. The van der Waals surface area contributed by atoms with Crippen molar-refractivity contribution in [3.8, 4) is 0 Å². The fourth-order valence-electron chi connectivity index (χ4n) is 3.26. The monoisotopic (exact) mass is 334 g/mol. The number of fused-ring (bicyclic) bond motifs is 1. The fourth-order valence-corrected chi connectivity index (χ4v) is 3.26. The minimum absolute atomic E-state index is 0.117. The van der Waals surface area contributed by atoms with Gasteiger partial charge >= 0.3 is 0 Å². The number of hydrogen-bond donors (Lipinski definition) is 2. The molecule has 0 radical (unpaired) electrons. The molecule has 6 heteroatoms. The first kappa shape index (κ1) is 16.9. The quantitative estimate of drug-likeness (QED) is 0.764. The Kier molecular flexibility index (Phi) is 5.48. The van der Waals surface area contributed by atoms with Gasteiger partial charge < -0.3 is 14.8 Å². The van der Waals surface area contributed by atoms with Crippen molar-refractivity contribution in [2.45, 2.75) is 31.7 Å². The lowest BCUT2D eigenvalue weighted by atomic mass is 10.2. The number of rotatable bonds is 7. The Morgan fingerprint density at radius 3 is 3.08 bits per heavy atom. The lowest BCUT2D eigenvalue weighted by Gasteiger charge is -2.22. The van der Waals surface area contributed by atoms with E-state index in [-0.39, 0.29) is 23.9 Å². The Balaban J connectivity index is 1.43. The molecule has 1 aromatic heterocycles. The van der Waals surface area contributed by atoms with Crippen LogP contribution in [0.1, 0.15) is 36.2 Å². The third kappa shape index (κ3) is 3.76. The van der Waals surface area contributed by atoms with Gasteiger partial charge in [-0.15, -0.1) is 0 Å². The zero-order valence-corrected chi connectivity index (χ0v) is 13.6. The van der Waals surface area contributed by atoms with Crippen LogP contribution in [0.4, 0.5) is 4.39 Å². The SMILES string of the molecule is O=C(NCCCCN1CCCC1CO)c1cc2cccc(F)c2o1. The Hall–Kier alpha value is -1.92. The second-order valence-corrected chi connectivity index (χ2v) is 6.25. The van der Waals surface area contributed by atoms with Crippen molar-refractivity contribution in [3.05, 3.63) is 35.8 Å². The number of aliphatic hydroxyl groups is 1. The smallest absolute Gasteiger partial charge is 0.287 e. The molecule has 0 saturated carbocycles. The van der Waals surface area contributed by atoms with Gasteiger partial charge in [-0.05, 0) is 50.9 Å². The van der Waals surface area contributed by atoms with Crippen molar-refractivity contribution >= 4 is 16.9 Å². The summed E-state index contributed by atoms with van der Waals surface area (Å²) in [6.07, 6.45) is 4.03. The average molecular weight is 334 g/mol. The molecule has 1 unspecified atom stereocenters. The highest BCUT2D eigenvalue weighted by molar-refractivity contribution is 5.96. The van der Waals surface area contributed by atoms with Crippen LogP contribution in [0.15, 0.2) is 28.7 Å². The van der Waals surface area contributed by atoms with Gasteiger partial charge in [-0.25, -0.2) is 4.39 Å². The second-order valence-electron chi connectivity index (χ2n) is 6.25. The van der Waals surface area contributed by atoms with E-state index in [4.69, 9.17) is 4.42 Å². The molecular formula is C18H23FN2O3. The highest BCUT2D eigenvalue weighted by Gasteiger charge is 2.22. The van der Waals surface area contributed by atoms with Gasteiger partial charge in [0.15, 0.2) is 17.2 Å². The van der Waals surface area contributed by atoms with Gasteiger partial charge in [0.05, 0.1) is 6.61 Å². The molecule has 2 heterocycles. The van der Waals surface area contributed by atoms with Crippen LogP contribution in [0.5, 0.6) is 0 Å². The molecule has 0 aliphatic carbocycles. The van der Waals surface area contributed by atoms with Crippen LogP contribution in [0.2, 0.25) is 0 Å². The van der Waals surface area contributed by atoms with Gasteiger partial charge in [-0.2, -0.15) is 0 Å². The topological polar surface area (TPSA) is 65.7 Å². The van der Waals surface area contributed by atoms with E-state index < -0.39 is 5.82 Å². The Bertz CT molecular complexity index is 701. The number of carbonyl (C=O) groups excluding carboxylic acids is 1. The molecule has 1 aromatic carbocycles. The normalized spacial score (nSPS) is 18.3. The van der Waals surface area contributed by atoms with Crippen molar-refractivity contribution < 1.29 is 18.7 Å².